The van der Waals surface area contributed by atoms with Crippen LogP contribution in [0.25, 0.3) is 0 Å². The van der Waals surface area contributed by atoms with Crippen molar-refractivity contribution in [1.29, 1.82) is 0 Å². The van der Waals surface area contributed by atoms with Gasteiger partial charge in [-0.05, 0) is 67.4 Å². The summed E-state index contributed by atoms with van der Waals surface area (Å²) < 4.78 is 2.41. The van der Waals surface area contributed by atoms with Gasteiger partial charge in [-0.1, -0.05) is 0 Å². The molecule has 0 aliphatic rings. The first-order valence-corrected chi connectivity index (χ1v) is 8.20. The predicted molar refractivity (Wildman–Crippen MR) is 86.7 cm³/mol. The predicted octanol–water partition coefficient (Wildman–Crippen LogP) is 5.09. The van der Waals surface area contributed by atoms with E-state index in [-0.39, 0.29) is 12.4 Å². The second-order valence-electron chi connectivity index (χ2n) is 3.39. The zero-order valence-electron chi connectivity index (χ0n) is 8.91. The Hall–Kier alpha value is 0.610. The fraction of sp³-hybridized carbons (Fsp3) is 0.273. The van der Waals surface area contributed by atoms with Crippen molar-refractivity contribution in [3.05, 3.63) is 41.6 Å². The van der Waals surface area contributed by atoms with Crippen molar-refractivity contribution in [3.63, 3.8) is 0 Å². The topological polar surface area (TPSA) is 12.0 Å². The summed E-state index contributed by atoms with van der Waals surface area (Å²) in [4.78, 5) is 1.42. The Bertz CT molecular complexity index is 414. The van der Waals surface area contributed by atoms with Gasteiger partial charge >= 0.3 is 0 Å². The summed E-state index contributed by atoms with van der Waals surface area (Å²) in [5.74, 6) is 0. The molecular formula is C11H12Br2ClNS2. The Kier molecular flexibility index (Phi) is 7.30. The molecule has 0 saturated carbocycles. The van der Waals surface area contributed by atoms with Gasteiger partial charge in [0.1, 0.15) is 0 Å². The van der Waals surface area contributed by atoms with Gasteiger partial charge in [-0.15, -0.1) is 35.1 Å². The third-order valence-corrected chi connectivity index (χ3v) is 5.36. The Morgan fingerprint density at radius 1 is 1.18 bits per heavy atom. The van der Waals surface area contributed by atoms with Crippen LogP contribution in [0.5, 0.6) is 0 Å². The van der Waals surface area contributed by atoms with Crippen LogP contribution in [0.15, 0.2) is 31.2 Å². The number of rotatable bonds is 5. The van der Waals surface area contributed by atoms with Crippen LogP contribution in [-0.4, -0.2) is 6.54 Å². The van der Waals surface area contributed by atoms with Crippen LogP contribution in [0.3, 0.4) is 0 Å². The first-order valence-electron chi connectivity index (χ1n) is 4.92. The standard InChI is InChI=1S/C11H11Br2NS2.ClH/c12-10-2-1-9(16-10)3-4-14-6-8-5-11(13)15-7-8;/h1-2,5,7,14H,3-4,6H2;1H. The fourth-order valence-corrected chi connectivity index (χ4v) is 4.06. The Morgan fingerprint density at radius 3 is 2.59 bits per heavy atom. The minimum Gasteiger partial charge on any atom is -0.312 e. The minimum absolute atomic E-state index is 0. The van der Waals surface area contributed by atoms with Crippen LogP contribution in [0, 0.1) is 0 Å². The van der Waals surface area contributed by atoms with Crippen molar-refractivity contribution in [2.45, 2.75) is 13.0 Å². The highest BCUT2D eigenvalue weighted by Crippen LogP contribution is 2.22. The fourth-order valence-electron chi connectivity index (χ4n) is 1.37. The van der Waals surface area contributed by atoms with E-state index in [9.17, 15) is 0 Å². The molecule has 2 aromatic rings. The largest absolute Gasteiger partial charge is 0.312 e. The SMILES string of the molecule is Brc1cc(CNCCc2ccc(Br)s2)cs1.Cl. The number of nitrogens with one attached hydrogen (secondary N) is 1. The average Bonchev–Trinajstić information content (AvgIpc) is 2.83. The first-order chi connectivity index (χ1) is 7.74. The molecule has 17 heavy (non-hydrogen) atoms. The Labute approximate surface area is 132 Å². The van der Waals surface area contributed by atoms with Crippen LogP contribution in [-0.2, 0) is 13.0 Å². The molecule has 94 valence electrons. The van der Waals surface area contributed by atoms with E-state index < -0.39 is 0 Å². The van der Waals surface area contributed by atoms with Crippen LogP contribution < -0.4 is 5.32 Å². The van der Waals surface area contributed by atoms with Gasteiger partial charge in [-0.2, -0.15) is 0 Å². The molecule has 0 aliphatic heterocycles. The van der Waals surface area contributed by atoms with Gasteiger partial charge in [-0.25, -0.2) is 0 Å². The molecule has 1 nitrogen and oxygen atoms in total. The second kappa shape index (κ2) is 7.92. The van der Waals surface area contributed by atoms with Crippen molar-refractivity contribution >= 4 is 66.9 Å². The molecule has 0 unspecified atom stereocenters. The molecular weight excluding hydrogens is 406 g/mol. The van der Waals surface area contributed by atoms with Crippen LogP contribution in [0.1, 0.15) is 10.4 Å². The highest BCUT2D eigenvalue weighted by Gasteiger charge is 1.99. The molecule has 0 atom stereocenters. The van der Waals surface area contributed by atoms with E-state index in [2.05, 4.69) is 60.8 Å². The minimum atomic E-state index is 0. The Morgan fingerprint density at radius 2 is 2.00 bits per heavy atom. The van der Waals surface area contributed by atoms with E-state index in [4.69, 9.17) is 0 Å². The summed E-state index contributed by atoms with van der Waals surface area (Å²) >= 11 is 10.5. The lowest BCUT2D eigenvalue weighted by molar-refractivity contribution is 0.692. The maximum Gasteiger partial charge on any atom is 0.0701 e. The number of thiophene rings is 2. The highest BCUT2D eigenvalue weighted by atomic mass is 79.9. The smallest absolute Gasteiger partial charge is 0.0701 e. The summed E-state index contributed by atoms with van der Waals surface area (Å²) in [5, 5.41) is 5.63. The summed E-state index contributed by atoms with van der Waals surface area (Å²) in [6.07, 6.45) is 1.10. The van der Waals surface area contributed by atoms with Gasteiger partial charge in [0.15, 0.2) is 0 Å². The quantitative estimate of drug-likeness (QED) is 0.668. The third kappa shape index (κ3) is 5.41. The van der Waals surface area contributed by atoms with E-state index in [0.29, 0.717) is 0 Å². The van der Waals surface area contributed by atoms with Crippen LogP contribution in [0.2, 0.25) is 0 Å². The first kappa shape index (κ1) is 15.7. The second-order valence-corrected chi connectivity index (χ2v) is 8.23. The van der Waals surface area contributed by atoms with Crippen LogP contribution in [0.4, 0.5) is 0 Å². The highest BCUT2D eigenvalue weighted by molar-refractivity contribution is 9.11. The van der Waals surface area contributed by atoms with Gasteiger partial charge in [0.2, 0.25) is 0 Å². The van der Waals surface area contributed by atoms with E-state index in [0.717, 1.165) is 19.5 Å². The zero-order valence-corrected chi connectivity index (χ0v) is 14.5. The van der Waals surface area contributed by atoms with Crippen molar-refractivity contribution in [1.82, 2.24) is 5.32 Å². The van der Waals surface area contributed by atoms with Gasteiger partial charge in [-0.3, -0.25) is 0 Å². The van der Waals surface area contributed by atoms with E-state index in [1.54, 1.807) is 11.3 Å². The molecule has 0 spiro atoms. The zero-order chi connectivity index (χ0) is 11.4. The monoisotopic (exact) mass is 415 g/mol. The maximum atomic E-state index is 3.47. The number of hydrogen-bond acceptors (Lipinski definition) is 3. The summed E-state index contributed by atoms with van der Waals surface area (Å²) in [6.45, 7) is 1.98. The van der Waals surface area contributed by atoms with E-state index in [1.807, 2.05) is 11.3 Å². The molecule has 6 heteroatoms. The van der Waals surface area contributed by atoms with E-state index >= 15 is 0 Å². The van der Waals surface area contributed by atoms with Crippen molar-refractivity contribution in [2.24, 2.45) is 0 Å². The lowest BCUT2D eigenvalue weighted by Gasteiger charge is -2.01. The molecule has 2 rings (SSSR count). The lowest BCUT2D eigenvalue weighted by Crippen LogP contribution is -2.15. The number of halogens is 3. The molecule has 0 bridgehead atoms. The van der Waals surface area contributed by atoms with Crippen molar-refractivity contribution in [3.8, 4) is 0 Å². The molecule has 0 amide bonds. The Balaban J connectivity index is 0.00000144. The van der Waals surface area contributed by atoms with Gasteiger partial charge in [0, 0.05) is 18.0 Å². The molecule has 0 radical (unpaired) electrons. The molecule has 2 heterocycles. The van der Waals surface area contributed by atoms with Gasteiger partial charge in [0.25, 0.3) is 0 Å². The summed E-state index contributed by atoms with van der Waals surface area (Å²) in [6, 6.07) is 6.45. The summed E-state index contributed by atoms with van der Waals surface area (Å²) in [7, 11) is 0. The van der Waals surface area contributed by atoms with Crippen LogP contribution >= 0.6 is 66.9 Å². The molecule has 2 aromatic heterocycles. The van der Waals surface area contributed by atoms with Gasteiger partial charge in [0.05, 0.1) is 7.57 Å². The maximum absolute atomic E-state index is 3.47. The van der Waals surface area contributed by atoms with Crippen molar-refractivity contribution in [2.75, 3.05) is 6.54 Å². The van der Waals surface area contributed by atoms with Gasteiger partial charge < -0.3 is 5.32 Å². The molecule has 1 N–H and O–H groups in total. The average molecular weight is 418 g/mol. The molecule has 0 saturated heterocycles. The normalized spacial score (nSPS) is 10.2. The summed E-state index contributed by atoms with van der Waals surface area (Å²) in [5.41, 5.74) is 1.35. The molecule has 0 aromatic carbocycles. The molecule has 0 aliphatic carbocycles. The van der Waals surface area contributed by atoms with Crippen molar-refractivity contribution < 1.29 is 0 Å². The third-order valence-electron chi connectivity index (χ3n) is 2.13. The van der Waals surface area contributed by atoms with E-state index in [1.165, 1.54) is 18.0 Å². The number of hydrogen-bond donors (Lipinski definition) is 1. The lowest BCUT2D eigenvalue weighted by atomic mass is 10.3. The molecule has 0 fully saturated rings.